The summed E-state index contributed by atoms with van der Waals surface area (Å²) in [5.41, 5.74) is 0.233. The predicted octanol–water partition coefficient (Wildman–Crippen LogP) is 3.64. The van der Waals surface area contributed by atoms with E-state index in [9.17, 15) is 17.6 Å². The summed E-state index contributed by atoms with van der Waals surface area (Å²) in [5.74, 6) is 0.283. The summed E-state index contributed by atoms with van der Waals surface area (Å²) in [7, 11) is -2.56. The highest BCUT2D eigenvalue weighted by molar-refractivity contribution is 7.92. The number of ether oxygens (including phenoxy) is 3. The van der Waals surface area contributed by atoms with E-state index in [1.54, 1.807) is 6.07 Å². The fourth-order valence-corrected chi connectivity index (χ4v) is 5.09. The van der Waals surface area contributed by atoms with Gasteiger partial charge < -0.3 is 19.5 Å². The third-order valence-electron chi connectivity index (χ3n) is 5.21. The number of hydrogen-bond acceptors (Lipinski definition) is 6. The summed E-state index contributed by atoms with van der Waals surface area (Å²) >= 11 is 6.11. The zero-order chi connectivity index (χ0) is 25.0. The Kier molecular flexibility index (Phi) is 7.32. The van der Waals surface area contributed by atoms with Crippen molar-refractivity contribution in [1.82, 2.24) is 5.32 Å². The van der Waals surface area contributed by atoms with E-state index in [1.165, 1.54) is 67.8 Å². The molecule has 184 valence electrons. The van der Waals surface area contributed by atoms with E-state index in [0.717, 1.165) is 4.31 Å². The molecular weight excluding hydrogens is 499 g/mol. The molecule has 0 radical (unpaired) electrons. The maximum absolute atomic E-state index is 13.5. The van der Waals surface area contributed by atoms with Crippen LogP contribution in [0, 0.1) is 5.82 Å². The van der Waals surface area contributed by atoms with Crippen LogP contribution in [0.3, 0.4) is 0 Å². The number of methoxy groups -OCH3 is 1. The van der Waals surface area contributed by atoms with Crippen LogP contribution in [0.2, 0.25) is 5.02 Å². The molecule has 3 aromatic rings. The van der Waals surface area contributed by atoms with E-state index in [-0.39, 0.29) is 41.8 Å². The Morgan fingerprint density at radius 3 is 2.49 bits per heavy atom. The van der Waals surface area contributed by atoms with Crippen LogP contribution in [0.15, 0.2) is 71.6 Å². The second-order valence-electron chi connectivity index (χ2n) is 7.52. The van der Waals surface area contributed by atoms with Crippen LogP contribution >= 0.6 is 11.6 Å². The highest BCUT2D eigenvalue weighted by Gasteiger charge is 2.37. The second kappa shape index (κ2) is 10.4. The van der Waals surface area contributed by atoms with Gasteiger partial charge in [-0.1, -0.05) is 11.6 Å². The number of rotatable bonds is 8. The van der Waals surface area contributed by atoms with E-state index >= 15 is 0 Å². The monoisotopic (exact) mass is 520 g/mol. The van der Waals surface area contributed by atoms with Crippen LogP contribution in [-0.2, 0) is 14.8 Å². The van der Waals surface area contributed by atoms with Crippen LogP contribution in [0.25, 0.3) is 0 Å². The summed E-state index contributed by atoms with van der Waals surface area (Å²) in [4.78, 5) is 12.8. The minimum absolute atomic E-state index is 0.0259. The summed E-state index contributed by atoms with van der Waals surface area (Å²) in [6.45, 7) is 0.00524. The molecule has 0 saturated heterocycles. The molecule has 1 aliphatic rings. The molecule has 0 aromatic heterocycles. The number of anilines is 1. The third-order valence-corrected chi connectivity index (χ3v) is 7.24. The molecule has 0 fully saturated rings. The van der Waals surface area contributed by atoms with Crippen LogP contribution < -0.4 is 23.8 Å². The van der Waals surface area contributed by atoms with Crippen molar-refractivity contribution in [1.29, 1.82) is 0 Å². The van der Waals surface area contributed by atoms with Gasteiger partial charge in [0.05, 0.1) is 30.8 Å². The smallest absolute Gasteiger partial charge is 0.264 e. The van der Waals surface area contributed by atoms with Crippen molar-refractivity contribution in [2.75, 3.05) is 31.1 Å². The number of sulfonamides is 1. The van der Waals surface area contributed by atoms with Gasteiger partial charge in [0.25, 0.3) is 15.9 Å². The van der Waals surface area contributed by atoms with Crippen molar-refractivity contribution in [3.05, 3.63) is 77.6 Å². The number of fused-ring (bicyclic) bond motifs is 1. The fourth-order valence-electron chi connectivity index (χ4n) is 3.45. The van der Waals surface area contributed by atoms with E-state index in [2.05, 4.69) is 5.32 Å². The van der Waals surface area contributed by atoms with Gasteiger partial charge in [-0.25, -0.2) is 12.8 Å². The first-order valence-electron chi connectivity index (χ1n) is 10.6. The van der Waals surface area contributed by atoms with Gasteiger partial charge in [-0.15, -0.1) is 0 Å². The van der Waals surface area contributed by atoms with Crippen LogP contribution in [0.4, 0.5) is 10.1 Å². The average molecular weight is 521 g/mol. The Hall–Kier alpha value is -3.50. The summed E-state index contributed by atoms with van der Waals surface area (Å²) in [6.07, 6.45) is -1.11. The fraction of sp³-hybridized carbons (Fsp3) is 0.208. The summed E-state index contributed by atoms with van der Waals surface area (Å²) < 4.78 is 57.4. The first-order valence-corrected chi connectivity index (χ1v) is 12.4. The number of halogens is 2. The van der Waals surface area contributed by atoms with Gasteiger partial charge in [-0.2, -0.15) is 0 Å². The minimum Gasteiger partial charge on any atom is -0.497 e. The highest BCUT2D eigenvalue weighted by Crippen LogP contribution is 2.39. The number of benzene rings is 3. The number of nitrogens with zero attached hydrogens (tertiary/aromatic N) is 1. The van der Waals surface area contributed by atoms with Gasteiger partial charge in [-0.3, -0.25) is 9.10 Å². The predicted molar refractivity (Wildman–Crippen MR) is 128 cm³/mol. The van der Waals surface area contributed by atoms with Gasteiger partial charge in [0.2, 0.25) is 0 Å². The normalized spacial score (nSPS) is 15.1. The quantitative estimate of drug-likeness (QED) is 0.456. The maximum Gasteiger partial charge on any atom is 0.264 e. The first-order chi connectivity index (χ1) is 16.8. The van der Waals surface area contributed by atoms with Crippen molar-refractivity contribution in [2.45, 2.75) is 11.0 Å². The lowest BCUT2D eigenvalue weighted by molar-refractivity contribution is -0.127. The zero-order valence-corrected chi connectivity index (χ0v) is 20.2. The van der Waals surface area contributed by atoms with Crippen molar-refractivity contribution < 1.29 is 31.8 Å². The molecular formula is C24H22ClFN2O6S. The molecule has 1 N–H and O–H groups in total. The van der Waals surface area contributed by atoms with E-state index < -0.39 is 22.0 Å². The lowest BCUT2D eigenvalue weighted by Gasteiger charge is -2.34. The van der Waals surface area contributed by atoms with Crippen molar-refractivity contribution in [3.63, 3.8) is 0 Å². The van der Waals surface area contributed by atoms with Gasteiger partial charge >= 0.3 is 0 Å². The largest absolute Gasteiger partial charge is 0.497 e. The molecule has 0 unspecified atom stereocenters. The molecule has 3 aromatic carbocycles. The Labute approximate surface area is 207 Å². The molecule has 11 heteroatoms. The molecule has 1 aliphatic heterocycles. The third kappa shape index (κ3) is 5.60. The van der Waals surface area contributed by atoms with E-state index in [0.29, 0.717) is 16.5 Å². The van der Waals surface area contributed by atoms with Crippen LogP contribution in [0.5, 0.6) is 17.2 Å². The Bertz CT molecular complexity index is 1300. The van der Waals surface area contributed by atoms with E-state index in [4.69, 9.17) is 25.8 Å². The molecule has 0 spiro atoms. The van der Waals surface area contributed by atoms with Crippen molar-refractivity contribution in [2.24, 2.45) is 0 Å². The minimum atomic E-state index is -4.04. The van der Waals surface area contributed by atoms with Crippen molar-refractivity contribution >= 4 is 33.2 Å². The lowest BCUT2D eigenvalue weighted by atomic mass is 10.2. The molecule has 35 heavy (non-hydrogen) atoms. The second-order valence-corrected chi connectivity index (χ2v) is 9.82. The number of amides is 1. The van der Waals surface area contributed by atoms with Crippen molar-refractivity contribution in [3.8, 4) is 17.2 Å². The van der Waals surface area contributed by atoms with Gasteiger partial charge in [0.1, 0.15) is 29.7 Å². The molecule has 1 heterocycles. The number of carbonyl (C=O) groups is 1. The molecule has 1 atom stereocenters. The van der Waals surface area contributed by atoms with Crippen LogP contribution in [-0.4, -0.2) is 47.2 Å². The topological polar surface area (TPSA) is 94.2 Å². The molecule has 0 saturated carbocycles. The summed E-state index contributed by atoms with van der Waals surface area (Å²) in [5, 5.41) is 3.00. The molecule has 8 nitrogen and oxygen atoms in total. The molecule has 1 amide bonds. The molecule has 0 bridgehead atoms. The Morgan fingerprint density at radius 1 is 1.11 bits per heavy atom. The standard InChI is InChI=1S/C24H22ClFN2O6S/c1-32-18-7-9-20(10-8-18)35(30,31)28-15-23(34-22-11-2-16(25)14-21(22)28)24(29)27-12-13-33-19-5-3-17(26)4-6-19/h2-11,14,23H,12-13,15H2,1H3,(H,27,29)/t23-/m0/s1. The van der Waals surface area contributed by atoms with Gasteiger partial charge in [0.15, 0.2) is 6.10 Å². The van der Waals surface area contributed by atoms with E-state index in [1.807, 2.05) is 0 Å². The van der Waals surface area contributed by atoms with Gasteiger partial charge in [0, 0.05) is 5.02 Å². The first kappa shape index (κ1) is 24.6. The number of carbonyl (C=O) groups excluding carboxylic acids is 1. The number of nitrogens with one attached hydrogen (secondary N) is 1. The lowest BCUT2D eigenvalue weighted by Crippen LogP contribution is -2.51. The van der Waals surface area contributed by atoms with Gasteiger partial charge in [-0.05, 0) is 66.7 Å². The molecule has 0 aliphatic carbocycles. The Morgan fingerprint density at radius 2 is 1.80 bits per heavy atom. The number of hydrogen-bond donors (Lipinski definition) is 1. The van der Waals surface area contributed by atoms with Crippen LogP contribution in [0.1, 0.15) is 0 Å². The maximum atomic E-state index is 13.5. The highest BCUT2D eigenvalue weighted by atomic mass is 35.5. The average Bonchev–Trinajstić information content (AvgIpc) is 2.86. The Balaban J connectivity index is 1.49. The SMILES string of the molecule is COc1ccc(S(=O)(=O)N2C[C@@H](C(=O)NCCOc3ccc(F)cc3)Oc3ccc(Cl)cc32)cc1. The summed E-state index contributed by atoms with van der Waals surface area (Å²) in [6, 6.07) is 16.0. The zero-order valence-electron chi connectivity index (χ0n) is 18.6. The molecule has 4 rings (SSSR count).